The molecule has 5 nitrogen and oxygen atoms in total. The molecule has 2 aromatic heterocycles. The number of para-hydroxylation sites is 1. The lowest BCUT2D eigenvalue weighted by Gasteiger charge is -2.22. The van der Waals surface area contributed by atoms with Crippen molar-refractivity contribution in [1.29, 1.82) is 0 Å². The van der Waals surface area contributed by atoms with Gasteiger partial charge in [-0.2, -0.15) is 0 Å². The zero-order valence-corrected chi connectivity index (χ0v) is 22.0. The van der Waals surface area contributed by atoms with Crippen molar-refractivity contribution >= 4 is 50.0 Å². The van der Waals surface area contributed by atoms with Crippen molar-refractivity contribution in [2.24, 2.45) is 7.05 Å². The van der Waals surface area contributed by atoms with Gasteiger partial charge in [-0.15, -0.1) is 0 Å². The van der Waals surface area contributed by atoms with Crippen molar-refractivity contribution in [1.82, 2.24) is 14.5 Å². The van der Waals surface area contributed by atoms with Gasteiger partial charge < -0.3 is 14.6 Å². The Labute approximate surface area is 217 Å². The van der Waals surface area contributed by atoms with E-state index >= 15 is 0 Å². The molecule has 0 saturated heterocycles. The highest BCUT2D eigenvalue weighted by Gasteiger charge is 2.13. The van der Waals surface area contributed by atoms with Gasteiger partial charge in [-0.3, -0.25) is 4.90 Å². The maximum absolute atomic E-state index is 6.28. The van der Waals surface area contributed by atoms with Crippen LogP contribution in [-0.4, -0.2) is 41.2 Å². The summed E-state index contributed by atoms with van der Waals surface area (Å²) in [5.74, 6) is 0.824. The number of aromatic nitrogens is 2. The highest BCUT2D eigenvalue weighted by atomic mass is 35.5. The maximum Gasteiger partial charge on any atom is 0.119 e. The van der Waals surface area contributed by atoms with Crippen molar-refractivity contribution in [2.75, 3.05) is 32.1 Å². The van der Waals surface area contributed by atoms with Crippen LogP contribution in [0.3, 0.4) is 0 Å². The molecule has 1 N–H and O–H groups in total. The average molecular weight is 501 g/mol. The van der Waals surface area contributed by atoms with E-state index in [9.17, 15) is 0 Å². The number of methoxy groups -OCH3 is 1. The van der Waals surface area contributed by atoms with Crippen LogP contribution in [-0.2, 0) is 13.6 Å². The SMILES string of the molecule is CCCN(CCCNc1c2ccc(Cl)cc2nc2ccc(OC)cc12)Cc1cn(C)c2ccccc12. The van der Waals surface area contributed by atoms with Crippen molar-refractivity contribution in [3.05, 3.63) is 77.4 Å². The van der Waals surface area contributed by atoms with Crippen LogP contribution >= 0.6 is 11.6 Å². The fourth-order valence-corrected chi connectivity index (χ4v) is 5.27. The normalized spacial score (nSPS) is 11.7. The van der Waals surface area contributed by atoms with Crippen LogP contribution in [0.1, 0.15) is 25.3 Å². The summed E-state index contributed by atoms with van der Waals surface area (Å²) in [7, 11) is 3.83. The minimum absolute atomic E-state index is 0.692. The quantitative estimate of drug-likeness (QED) is 0.162. The Kier molecular flexibility index (Phi) is 7.30. The Morgan fingerprint density at radius 1 is 0.972 bits per heavy atom. The summed E-state index contributed by atoms with van der Waals surface area (Å²) in [4.78, 5) is 7.40. The molecule has 186 valence electrons. The molecule has 0 atom stereocenters. The molecule has 36 heavy (non-hydrogen) atoms. The van der Waals surface area contributed by atoms with Gasteiger partial charge >= 0.3 is 0 Å². The molecule has 0 bridgehead atoms. The number of rotatable bonds is 10. The Bertz CT molecular complexity index is 1510. The molecular weight excluding hydrogens is 468 g/mol. The van der Waals surface area contributed by atoms with E-state index in [0.717, 1.165) is 72.3 Å². The van der Waals surface area contributed by atoms with Crippen LogP contribution < -0.4 is 10.1 Å². The van der Waals surface area contributed by atoms with Crippen LogP contribution in [0.25, 0.3) is 32.7 Å². The fourth-order valence-electron chi connectivity index (χ4n) is 5.11. The second-order valence-corrected chi connectivity index (χ2v) is 9.81. The van der Waals surface area contributed by atoms with E-state index in [-0.39, 0.29) is 0 Å². The van der Waals surface area contributed by atoms with E-state index in [2.05, 4.69) is 71.4 Å². The first-order valence-electron chi connectivity index (χ1n) is 12.6. The van der Waals surface area contributed by atoms with E-state index in [1.807, 2.05) is 24.3 Å². The molecule has 0 aliphatic heterocycles. The standard InChI is InChI=1S/C30H33ClN4O/c1-4-15-35(20-21-19-34(2)29-9-6-5-8-24(21)29)16-7-14-32-30-25-12-10-22(31)17-28(25)33-27-13-11-23(36-3)18-26(27)30/h5-6,8-13,17-19H,4,7,14-16,20H2,1-3H3,(H,32,33). The third-order valence-electron chi connectivity index (χ3n) is 6.81. The molecule has 3 aromatic carbocycles. The molecule has 0 unspecified atom stereocenters. The number of pyridine rings is 1. The largest absolute Gasteiger partial charge is 0.497 e. The number of nitrogens with zero attached hydrogens (tertiary/aromatic N) is 3. The summed E-state index contributed by atoms with van der Waals surface area (Å²) in [5.41, 5.74) is 5.59. The zero-order valence-electron chi connectivity index (χ0n) is 21.2. The molecule has 0 spiro atoms. The van der Waals surface area contributed by atoms with Crippen LogP contribution in [0.15, 0.2) is 66.9 Å². The monoisotopic (exact) mass is 500 g/mol. The molecule has 0 aliphatic carbocycles. The molecule has 0 saturated carbocycles. The zero-order chi connectivity index (χ0) is 25.1. The Morgan fingerprint density at radius 2 is 1.83 bits per heavy atom. The Balaban J connectivity index is 1.34. The highest BCUT2D eigenvalue weighted by Crippen LogP contribution is 2.34. The predicted octanol–water partition coefficient (Wildman–Crippen LogP) is 7.26. The van der Waals surface area contributed by atoms with E-state index in [0.29, 0.717) is 5.02 Å². The lowest BCUT2D eigenvalue weighted by Crippen LogP contribution is -2.26. The fraction of sp³-hybridized carbons (Fsp3) is 0.300. The summed E-state index contributed by atoms with van der Waals surface area (Å²) in [5, 5.41) is 7.90. The molecule has 0 fully saturated rings. The van der Waals surface area contributed by atoms with Crippen molar-refractivity contribution < 1.29 is 4.74 Å². The van der Waals surface area contributed by atoms with Crippen molar-refractivity contribution in [3.63, 3.8) is 0 Å². The molecule has 2 heterocycles. The number of fused-ring (bicyclic) bond motifs is 3. The summed E-state index contributed by atoms with van der Waals surface area (Å²) < 4.78 is 7.73. The first-order valence-corrected chi connectivity index (χ1v) is 13.0. The minimum Gasteiger partial charge on any atom is -0.497 e. The number of hydrogen-bond donors (Lipinski definition) is 1. The van der Waals surface area contributed by atoms with E-state index in [4.69, 9.17) is 21.3 Å². The number of nitrogens with one attached hydrogen (secondary N) is 1. The van der Waals surface area contributed by atoms with Crippen LogP contribution in [0.5, 0.6) is 5.75 Å². The predicted molar refractivity (Wildman–Crippen MR) is 152 cm³/mol. The number of aryl methyl sites for hydroxylation is 1. The minimum atomic E-state index is 0.692. The van der Waals surface area contributed by atoms with Crippen LogP contribution in [0, 0.1) is 0 Å². The second kappa shape index (κ2) is 10.8. The molecule has 5 aromatic rings. The number of hydrogen-bond acceptors (Lipinski definition) is 4. The van der Waals surface area contributed by atoms with Gasteiger partial charge in [0.25, 0.3) is 0 Å². The van der Waals surface area contributed by atoms with Gasteiger partial charge in [0.05, 0.1) is 23.8 Å². The third-order valence-corrected chi connectivity index (χ3v) is 7.04. The molecule has 0 aliphatic rings. The smallest absolute Gasteiger partial charge is 0.119 e. The topological polar surface area (TPSA) is 42.3 Å². The maximum atomic E-state index is 6.28. The lowest BCUT2D eigenvalue weighted by atomic mass is 10.1. The lowest BCUT2D eigenvalue weighted by molar-refractivity contribution is 0.266. The summed E-state index contributed by atoms with van der Waals surface area (Å²) in [6.07, 6.45) is 4.45. The Hall–Kier alpha value is -3.28. The number of halogens is 1. The summed E-state index contributed by atoms with van der Waals surface area (Å²) >= 11 is 6.28. The van der Waals surface area contributed by atoms with E-state index < -0.39 is 0 Å². The van der Waals surface area contributed by atoms with Gasteiger partial charge in [0, 0.05) is 59.6 Å². The summed E-state index contributed by atoms with van der Waals surface area (Å²) in [6, 6.07) is 20.6. The number of ether oxygens (including phenoxy) is 1. The van der Waals surface area contributed by atoms with Gasteiger partial charge in [-0.1, -0.05) is 36.7 Å². The van der Waals surface area contributed by atoms with Gasteiger partial charge in [0.2, 0.25) is 0 Å². The molecule has 5 rings (SSSR count). The summed E-state index contributed by atoms with van der Waals surface area (Å²) in [6.45, 7) is 6.19. The molecule has 0 radical (unpaired) electrons. The van der Waals surface area contributed by atoms with Gasteiger partial charge in [-0.25, -0.2) is 4.98 Å². The van der Waals surface area contributed by atoms with Gasteiger partial charge in [0.15, 0.2) is 0 Å². The van der Waals surface area contributed by atoms with E-state index in [1.165, 1.54) is 16.5 Å². The van der Waals surface area contributed by atoms with Crippen molar-refractivity contribution in [3.8, 4) is 5.75 Å². The highest BCUT2D eigenvalue weighted by molar-refractivity contribution is 6.31. The average Bonchev–Trinajstić information content (AvgIpc) is 3.20. The number of benzene rings is 3. The van der Waals surface area contributed by atoms with Crippen molar-refractivity contribution in [2.45, 2.75) is 26.3 Å². The third kappa shape index (κ3) is 4.99. The van der Waals surface area contributed by atoms with Crippen LogP contribution in [0.4, 0.5) is 5.69 Å². The van der Waals surface area contributed by atoms with Gasteiger partial charge in [-0.05, 0) is 67.4 Å². The second-order valence-electron chi connectivity index (χ2n) is 9.37. The molecule has 0 amide bonds. The first kappa shape index (κ1) is 24.4. The molecule has 6 heteroatoms. The van der Waals surface area contributed by atoms with Gasteiger partial charge in [0.1, 0.15) is 5.75 Å². The number of anilines is 1. The molecular formula is C30H33ClN4O. The van der Waals surface area contributed by atoms with Crippen LogP contribution in [0.2, 0.25) is 5.02 Å². The van der Waals surface area contributed by atoms with E-state index in [1.54, 1.807) is 7.11 Å². The first-order chi connectivity index (χ1) is 17.6. The Morgan fingerprint density at radius 3 is 2.67 bits per heavy atom.